The Kier molecular flexibility index (Phi) is 8.14. The van der Waals surface area contributed by atoms with E-state index in [0.29, 0.717) is 19.5 Å². The molecule has 4 N–H and O–H groups in total. The van der Waals surface area contributed by atoms with Gasteiger partial charge in [0.05, 0.1) is 5.69 Å². The van der Waals surface area contributed by atoms with Crippen LogP contribution in [0.3, 0.4) is 0 Å². The number of epoxide rings is 1. The van der Waals surface area contributed by atoms with Gasteiger partial charge < -0.3 is 20.2 Å². The van der Waals surface area contributed by atoms with Crippen LogP contribution in [0.1, 0.15) is 69.1 Å². The number of fused-ring (bicyclic) bond motifs is 2. The third-order valence-corrected chi connectivity index (χ3v) is 9.99. The zero-order valence-corrected chi connectivity index (χ0v) is 25.8. The summed E-state index contributed by atoms with van der Waals surface area (Å²) in [5.74, 6) is 6.07. The molecule has 1 aromatic rings. The molecule has 7 rings (SSSR count). The summed E-state index contributed by atoms with van der Waals surface area (Å²) >= 11 is 0. The number of rotatable bonds is 9. The fourth-order valence-corrected chi connectivity index (χ4v) is 7.37. The summed E-state index contributed by atoms with van der Waals surface area (Å²) in [7, 11) is 0. The first-order valence-electron chi connectivity index (χ1n) is 16.4. The molecule has 0 radical (unpaired) electrons. The van der Waals surface area contributed by atoms with Gasteiger partial charge in [0, 0.05) is 44.2 Å². The fraction of sp³-hybridized carbons (Fsp3) is 0.588. The van der Waals surface area contributed by atoms with Gasteiger partial charge in [0.1, 0.15) is 17.7 Å². The van der Waals surface area contributed by atoms with E-state index in [0.717, 1.165) is 68.6 Å². The Labute approximate surface area is 259 Å². The van der Waals surface area contributed by atoms with Gasteiger partial charge in [-0.2, -0.15) is 0 Å². The van der Waals surface area contributed by atoms with Gasteiger partial charge in [0.15, 0.2) is 12.5 Å². The first-order valence-corrected chi connectivity index (χ1v) is 16.4. The highest BCUT2D eigenvalue weighted by molar-refractivity contribution is 5.78. The van der Waals surface area contributed by atoms with Crippen molar-refractivity contribution in [1.29, 1.82) is 0 Å². The highest BCUT2D eigenvalue weighted by Crippen LogP contribution is 2.34. The Morgan fingerprint density at radius 1 is 1.27 bits per heavy atom. The topological polar surface area (TPSA) is 111 Å². The van der Waals surface area contributed by atoms with Crippen LogP contribution in [0.25, 0.3) is 0 Å². The third-order valence-electron chi connectivity index (χ3n) is 9.99. The van der Waals surface area contributed by atoms with Crippen LogP contribution in [-0.2, 0) is 33.7 Å². The van der Waals surface area contributed by atoms with Crippen molar-refractivity contribution >= 4 is 17.7 Å². The van der Waals surface area contributed by atoms with E-state index in [-0.39, 0.29) is 36.4 Å². The van der Waals surface area contributed by atoms with E-state index in [1.807, 2.05) is 11.0 Å². The van der Waals surface area contributed by atoms with Gasteiger partial charge in [-0.25, -0.2) is 10.2 Å². The molecule has 10 nitrogen and oxygen atoms in total. The fourth-order valence-electron chi connectivity index (χ4n) is 7.37. The number of nitrogens with zero attached hydrogens (tertiary/aromatic N) is 2. The van der Waals surface area contributed by atoms with Gasteiger partial charge in [0.25, 0.3) is 0 Å². The van der Waals surface area contributed by atoms with Gasteiger partial charge >= 0.3 is 12.0 Å². The lowest BCUT2D eigenvalue weighted by Gasteiger charge is -2.39. The Morgan fingerprint density at radius 3 is 2.93 bits per heavy atom. The molecule has 1 saturated carbocycles. The minimum Gasteiger partial charge on any atom is -0.458 e. The minimum atomic E-state index is -0.513. The lowest BCUT2D eigenvalue weighted by molar-refractivity contribution is -0.164. The molecule has 5 unspecified atom stereocenters. The molecule has 10 heteroatoms. The van der Waals surface area contributed by atoms with Gasteiger partial charge in [0.2, 0.25) is 0 Å². The standard InChI is InChI=1S/C34H44N6O4/c1-3-23-17-22(18-25-20-35-38-29(23)25)19-28(32(41)44-34(2)13-7-4-8-14-34)36-30-31(43-30)39-15-11-26(12-16-39)40-21-24-9-5-6-10-27(24)37-33(40)42/h5,9,11,17-18,24,27-28,30-31,35-36,38H,3-4,7-8,12-16,19-21H2,1-2H3,(H,37,42). The summed E-state index contributed by atoms with van der Waals surface area (Å²) in [6, 6.07) is 3.72. The molecular formula is C34H44N6O4. The van der Waals surface area contributed by atoms with Crippen molar-refractivity contribution in [2.75, 3.05) is 25.1 Å². The predicted molar refractivity (Wildman–Crippen MR) is 167 cm³/mol. The first-order chi connectivity index (χ1) is 21.4. The molecule has 0 spiro atoms. The van der Waals surface area contributed by atoms with Crippen molar-refractivity contribution in [3.63, 3.8) is 0 Å². The maximum Gasteiger partial charge on any atom is 0.324 e. The molecule has 234 valence electrons. The molecule has 4 heterocycles. The number of amides is 2. The highest BCUT2D eigenvalue weighted by atomic mass is 16.6. The zero-order valence-electron chi connectivity index (χ0n) is 25.8. The van der Waals surface area contributed by atoms with Crippen LogP contribution in [0.2, 0.25) is 0 Å². The van der Waals surface area contributed by atoms with Crippen molar-refractivity contribution < 1.29 is 19.1 Å². The zero-order chi connectivity index (χ0) is 30.3. The molecule has 2 saturated heterocycles. The normalized spacial score (nSPS) is 29.3. The lowest BCUT2D eigenvalue weighted by atomic mass is 9.86. The van der Waals surface area contributed by atoms with E-state index in [4.69, 9.17) is 9.47 Å². The first kappa shape index (κ1) is 29.4. The second-order valence-corrected chi connectivity index (χ2v) is 13.2. The van der Waals surface area contributed by atoms with Gasteiger partial charge in [-0.05, 0) is 68.2 Å². The number of hydrogen-bond donors (Lipinski definition) is 4. The second kappa shape index (κ2) is 12.2. The summed E-state index contributed by atoms with van der Waals surface area (Å²) in [4.78, 5) is 30.7. The van der Waals surface area contributed by atoms with Gasteiger partial charge in [-0.1, -0.05) is 49.5 Å². The van der Waals surface area contributed by atoms with Crippen molar-refractivity contribution in [1.82, 2.24) is 25.9 Å². The molecule has 2 aliphatic carbocycles. The van der Waals surface area contributed by atoms with Crippen LogP contribution in [0.5, 0.6) is 0 Å². The van der Waals surface area contributed by atoms with E-state index < -0.39 is 11.6 Å². The number of esters is 1. The number of hydrogen-bond acceptors (Lipinski definition) is 8. The molecule has 1 aromatic carbocycles. The molecule has 4 aliphatic heterocycles. The van der Waals surface area contributed by atoms with Crippen LogP contribution >= 0.6 is 0 Å². The summed E-state index contributed by atoms with van der Waals surface area (Å²) < 4.78 is 12.4. The Morgan fingerprint density at radius 2 is 2.14 bits per heavy atom. The van der Waals surface area contributed by atoms with Gasteiger partial charge in [-0.15, -0.1) is 0 Å². The highest BCUT2D eigenvalue weighted by Gasteiger charge is 2.47. The third kappa shape index (κ3) is 6.11. The van der Waals surface area contributed by atoms with Crippen LogP contribution in [0.15, 0.2) is 36.1 Å². The van der Waals surface area contributed by atoms with Crippen LogP contribution in [0.4, 0.5) is 10.5 Å². The molecule has 2 amide bonds. The summed E-state index contributed by atoms with van der Waals surface area (Å²) in [6.45, 7) is 7.11. The lowest BCUT2D eigenvalue weighted by Crippen LogP contribution is -2.56. The number of benzene rings is 1. The van der Waals surface area contributed by atoms with Crippen molar-refractivity contribution in [2.24, 2.45) is 5.92 Å². The molecule has 3 fully saturated rings. The number of allylic oxidation sites excluding steroid dienone is 1. The largest absolute Gasteiger partial charge is 0.458 e. The Hall–Kier alpha value is -3.36. The number of carbonyl (C=O) groups is 2. The van der Waals surface area contributed by atoms with Crippen LogP contribution in [-0.4, -0.2) is 71.6 Å². The predicted octanol–water partition coefficient (Wildman–Crippen LogP) is 3.30. The molecular weight excluding hydrogens is 556 g/mol. The number of aryl methyl sites for hydroxylation is 1. The van der Waals surface area contributed by atoms with Crippen molar-refractivity contribution in [2.45, 2.75) is 102 Å². The SMILES string of the molecule is CCc1cc(CC(NC2OC2N2CC=C(N3CC4C=CC#CC4NC3=O)CC2)C(=O)OC2(C)CCCCC2)cc2c1NNC2. The number of carbonyl (C=O) groups excluding carboxylic acids is 2. The molecule has 6 aliphatic rings. The number of ether oxygens (including phenoxy) is 2. The van der Waals surface area contributed by atoms with E-state index >= 15 is 0 Å². The Bertz CT molecular complexity index is 1420. The number of hydrazine groups is 1. The van der Waals surface area contributed by atoms with Crippen molar-refractivity contribution in [3.05, 3.63) is 52.7 Å². The molecule has 0 bridgehead atoms. The average molecular weight is 601 g/mol. The van der Waals surface area contributed by atoms with Gasteiger partial charge in [-0.3, -0.25) is 19.9 Å². The molecule has 5 atom stereocenters. The molecule has 44 heavy (non-hydrogen) atoms. The summed E-state index contributed by atoms with van der Waals surface area (Å²) in [6.07, 6.45) is 13.1. The maximum atomic E-state index is 13.8. The summed E-state index contributed by atoms with van der Waals surface area (Å²) in [5.41, 5.74) is 11.9. The van der Waals surface area contributed by atoms with E-state index in [9.17, 15) is 9.59 Å². The van der Waals surface area contributed by atoms with E-state index in [1.54, 1.807) is 0 Å². The quantitative estimate of drug-likeness (QED) is 0.194. The Balaban J connectivity index is 1.01. The molecule has 0 aromatic heterocycles. The summed E-state index contributed by atoms with van der Waals surface area (Å²) in [5, 5.41) is 6.57. The average Bonchev–Trinajstić information content (AvgIpc) is 3.63. The van der Waals surface area contributed by atoms with E-state index in [2.05, 4.69) is 76.4 Å². The monoisotopic (exact) mass is 600 g/mol. The van der Waals surface area contributed by atoms with E-state index in [1.165, 1.54) is 17.5 Å². The van der Waals surface area contributed by atoms with Crippen molar-refractivity contribution in [3.8, 4) is 11.8 Å². The number of anilines is 1. The smallest absolute Gasteiger partial charge is 0.324 e. The van der Waals surface area contributed by atoms with Crippen LogP contribution in [0, 0.1) is 17.8 Å². The number of urea groups is 1. The van der Waals surface area contributed by atoms with Crippen LogP contribution < -0.4 is 21.5 Å². The number of nitrogens with one attached hydrogen (secondary N) is 4. The second-order valence-electron chi connectivity index (χ2n) is 13.2. The maximum absolute atomic E-state index is 13.8. The minimum absolute atomic E-state index is 0.0740.